The maximum Gasteiger partial charge on any atom is 0.270 e. The van der Waals surface area contributed by atoms with Crippen LogP contribution < -0.4 is 24.0 Å². The fourth-order valence-electron chi connectivity index (χ4n) is 4.63. The Morgan fingerprint density at radius 3 is 1.65 bits per heavy atom. The van der Waals surface area contributed by atoms with Crippen LogP contribution in [0.1, 0.15) is 0 Å². The Hall–Kier alpha value is -3.71. The van der Waals surface area contributed by atoms with Gasteiger partial charge in [0.1, 0.15) is 28.7 Å². The van der Waals surface area contributed by atoms with E-state index in [2.05, 4.69) is 0 Å². The van der Waals surface area contributed by atoms with E-state index in [9.17, 15) is 9.59 Å². The zero-order valence-corrected chi connectivity index (χ0v) is 19.4. The Balaban J connectivity index is 1.59. The number of para-hydroxylation sites is 1. The van der Waals surface area contributed by atoms with Crippen LogP contribution in [0.4, 0.5) is 11.4 Å². The highest BCUT2D eigenvalue weighted by atomic mass is 35.5. The normalized spacial score (nSPS) is 23.7. The highest BCUT2D eigenvalue weighted by molar-refractivity contribution is 6.36. The number of halogens is 1. The van der Waals surface area contributed by atoms with Gasteiger partial charge < -0.3 is 24.0 Å². The zero-order valence-electron chi connectivity index (χ0n) is 18.6. The number of benzene rings is 3. The van der Waals surface area contributed by atoms with Crippen molar-refractivity contribution in [3.63, 3.8) is 0 Å². The van der Waals surface area contributed by atoms with E-state index < -0.39 is 23.6 Å². The number of carbonyl (C=O) groups is 2. The third kappa shape index (κ3) is 3.62. The number of alkyl halides is 1. The van der Waals surface area contributed by atoms with Crippen LogP contribution in [0.15, 0.2) is 78.9 Å². The molecule has 0 radical (unpaired) electrons. The molecule has 0 unspecified atom stereocenters. The molecule has 2 aliphatic heterocycles. The minimum absolute atomic E-state index is 0.263. The average Bonchev–Trinajstić information content (AvgIpc) is 3.30. The van der Waals surface area contributed by atoms with Crippen molar-refractivity contribution < 1.29 is 23.8 Å². The summed E-state index contributed by atoms with van der Waals surface area (Å²) in [5.41, 5.74) is 1.24. The Morgan fingerprint density at radius 2 is 1.15 bits per heavy atom. The maximum atomic E-state index is 13.8. The van der Waals surface area contributed by atoms with E-state index in [0.717, 1.165) is 0 Å². The van der Waals surface area contributed by atoms with Gasteiger partial charge >= 0.3 is 0 Å². The summed E-state index contributed by atoms with van der Waals surface area (Å²) in [5, 5.41) is -0.942. The second kappa shape index (κ2) is 8.91. The first kappa shape index (κ1) is 22.1. The quantitative estimate of drug-likeness (QED) is 0.503. The summed E-state index contributed by atoms with van der Waals surface area (Å²) < 4.78 is 16.7. The Kier molecular flexibility index (Phi) is 5.79. The molecular formula is C26H23ClN2O5. The number of hydrogen-bond acceptors (Lipinski definition) is 5. The van der Waals surface area contributed by atoms with Crippen molar-refractivity contribution in [3.05, 3.63) is 78.9 Å². The number of carbonyl (C=O) groups excluding carboxylic acids is 2. The molecule has 7 nitrogen and oxygen atoms in total. The molecule has 0 bridgehead atoms. The second-order valence-electron chi connectivity index (χ2n) is 8.05. The summed E-state index contributed by atoms with van der Waals surface area (Å²) >= 11 is 6.71. The van der Waals surface area contributed by atoms with Crippen molar-refractivity contribution in [1.29, 1.82) is 0 Å². The molecule has 34 heavy (non-hydrogen) atoms. The van der Waals surface area contributed by atoms with E-state index in [-0.39, 0.29) is 11.8 Å². The van der Waals surface area contributed by atoms with Gasteiger partial charge in [-0.1, -0.05) is 18.2 Å². The molecule has 3 aromatic rings. The summed E-state index contributed by atoms with van der Waals surface area (Å²) in [7, 11) is 3.15. The molecule has 174 valence electrons. The Bertz CT molecular complexity index is 1140. The molecule has 0 spiro atoms. The average molecular weight is 479 g/mol. The third-order valence-electron chi connectivity index (χ3n) is 6.22. The highest BCUT2D eigenvalue weighted by Crippen LogP contribution is 2.43. The summed E-state index contributed by atoms with van der Waals surface area (Å²) in [5.74, 6) is 1.31. The van der Waals surface area contributed by atoms with Gasteiger partial charge in [-0.2, -0.15) is 0 Å². The van der Waals surface area contributed by atoms with Crippen molar-refractivity contribution in [2.45, 2.75) is 23.6 Å². The number of fused-ring (bicyclic) bond motifs is 1. The molecule has 2 heterocycles. The van der Waals surface area contributed by atoms with Gasteiger partial charge in [-0.25, -0.2) is 0 Å². The fourth-order valence-corrected chi connectivity index (χ4v) is 5.00. The first-order valence-electron chi connectivity index (χ1n) is 10.8. The molecule has 0 aliphatic carbocycles. The predicted molar refractivity (Wildman–Crippen MR) is 129 cm³/mol. The molecular weight excluding hydrogens is 456 g/mol. The van der Waals surface area contributed by atoms with E-state index in [0.29, 0.717) is 28.6 Å². The minimum Gasteiger partial charge on any atom is -0.497 e. The van der Waals surface area contributed by atoms with Crippen molar-refractivity contribution in [2.75, 3.05) is 24.0 Å². The number of ether oxygens (including phenoxy) is 3. The van der Waals surface area contributed by atoms with Gasteiger partial charge in [0.2, 0.25) is 5.91 Å². The van der Waals surface area contributed by atoms with Gasteiger partial charge in [0, 0.05) is 11.4 Å². The summed E-state index contributed by atoms with van der Waals surface area (Å²) in [6, 6.07) is 22.0. The van der Waals surface area contributed by atoms with Crippen molar-refractivity contribution in [1.82, 2.24) is 0 Å². The molecule has 4 atom stereocenters. The van der Waals surface area contributed by atoms with E-state index >= 15 is 0 Å². The van der Waals surface area contributed by atoms with Gasteiger partial charge in [-0.15, -0.1) is 11.6 Å². The first-order chi connectivity index (χ1) is 16.5. The molecule has 2 saturated heterocycles. The lowest BCUT2D eigenvalue weighted by Crippen LogP contribution is -2.46. The van der Waals surface area contributed by atoms with E-state index in [1.807, 2.05) is 18.2 Å². The highest BCUT2D eigenvalue weighted by Gasteiger charge is 2.63. The second-order valence-corrected chi connectivity index (χ2v) is 8.52. The number of hydrogen-bond donors (Lipinski definition) is 0. The number of rotatable bonds is 6. The lowest BCUT2D eigenvalue weighted by Gasteiger charge is -2.27. The van der Waals surface area contributed by atoms with Gasteiger partial charge in [0.05, 0.1) is 20.3 Å². The van der Waals surface area contributed by atoms with Crippen molar-refractivity contribution in [3.8, 4) is 17.2 Å². The largest absolute Gasteiger partial charge is 0.497 e. The Labute approximate surface area is 202 Å². The number of amides is 2. The predicted octanol–water partition coefficient (Wildman–Crippen LogP) is 3.89. The molecule has 2 aliphatic rings. The van der Waals surface area contributed by atoms with E-state index in [4.69, 9.17) is 25.8 Å². The standard InChI is InChI=1S/C26H23ClN2O5/c1-32-18-12-8-16(9-13-18)28-22-21(27)25(30)29(17-10-14-19(33-2)15-11-17)23(22)24(26(28)31)34-20-6-4-3-5-7-20/h3-15,21-24H,1-2H3/t21-,22-,23+,24-/m0/s1. The molecule has 0 saturated carbocycles. The summed E-state index contributed by atoms with van der Waals surface area (Å²) in [6.07, 6.45) is -0.940. The zero-order chi connectivity index (χ0) is 23.8. The van der Waals surface area contributed by atoms with Crippen LogP contribution in [0.3, 0.4) is 0 Å². The van der Waals surface area contributed by atoms with Gasteiger partial charge in [0.15, 0.2) is 6.10 Å². The van der Waals surface area contributed by atoms with Crippen molar-refractivity contribution in [2.24, 2.45) is 0 Å². The molecule has 5 rings (SSSR count). The van der Waals surface area contributed by atoms with Crippen LogP contribution in [0, 0.1) is 0 Å². The fraction of sp³-hybridized carbons (Fsp3) is 0.231. The first-order valence-corrected chi connectivity index (χ1v) is 11.3. The number of methoxy groups -OCH3 is 2. The van der Waals surface area contributed by atoms with Gasteiger partial charge in [0.25, 0.3) is 5.91 Å². The molecule has 2 fully saturated rings. The smallest absolute Gasteiger partial charge is 0.270 e. The van der Waals surface area contributed by atoms with Gasteiger partial charge in [-0.05, 0) is 60.7 Å². The van der Waals surface area contributed by atoms with E-state index in [1.165, 1.54) is 0 Å². The van der Waals surface area contributed by atoms with Crippen molar-refractivity contribution >= 4 is 34.8 Å². The summed E-state index contributed by atoms with van der Waals surface area (Å²) in [4.78, 5) is 30.3. The van der Waals surface area contributed by atoms with Crippen LogP contribution in [-0.2, 0) is 9.59 Å². The minimum atomic E-state index is -0.942. The Morgan fingerprint density at radius 1 is 0.647 bits per heavy atom. The molecule has 8 heteroatoms. The van der Waals surface area contributed by atoms with Crippen LogP contribution >= 0.6 is 11.6 Å². The molecule has 2 amide bonds. The van der Waals surface area contributed by atoms with Crippen LogP contribution in [0.2, 0.25) is 0 Å². The summed E-state index contributed by atoms with van der Waals surface area (Å²) in [6.45, 7) is 0. The van der Waals surface area contributed by atoms with E-state index in [1.54, 1.807) is 84.7 Å². The lowest BCUT2D eigenvalue weighted by atomic mass is 10.1. The molecule has 3 aromatic carbocycles. The topological polar surface area (TPSA) is 68.3 Å². The number of nitrogens with zero attached hydrogens (tertiary/aromatic N) is 2. The number of anilines is 2. The van der Waals surface area contributed by atoms with Crippen LogP contribution in [0.5, 0.6) is 17.2 Å². The third-order valence-corrected chi connectivity index (χ3v) is 6.66. The van der Waals surface area contributed by atoms with Gasteiger partial charge in [-0.3, -0.25) is 9.59 Å². The molecule has 0 N–H and O–H groups in total. The van der Waals surface area contributed by atoms with Crippen LogP contribution in [-0.4, -0.2) is 49.6 Å². The maximum absolute atomic E-state index is 13.8. The SMILES string of the molecule is COc1ccc(N2C(=O)[C@@H](Oc3ccccc3)[C@H]3[C@@H]2[C@H](Cl)C(=O)N3c2ccc(OC)cc2)cc1. The van der Waals surface area contributed by atoms with Crippen LogP contribution in [0.25, 0.3) is 0 Å². The lowest BCUT2D eigenvalue weighted by molar-refractivity contribution is -0.124. The monoisotopic (exact) mass is 478 g/mol. The molecule has 0 aromatic heterocycles.